The molecule has 0 radical (unpaired) electrons. The van der Waals surface area contributed by atoms with Crippen LogP contribution < -0.4 is 0 Å². The van der Waals surface area contributed by atoms with E-state index < -0.39 is 11.5 Å². The molecule has 1 aliphatic rings. The number of carbonyl (C=O) groups is 4. The molecule has 10 heteroatoms. The van der Waals surface area contributed by atoms with E-state index in [1.54, 1.807) is 0 Å². The van der Waals surface area contributed by atoms with E-state index in [1.807, 2.05) is 32.8 Å². The predicted octanol–water partition coefficient (Wildman–Crippen LogP) is 13.5. The molecule has 0 amide bonds. The molecule has 0 N–H and O–H groups in total. The number of hydrogen-bond donors (Lipinski definition) is 0. The highest BCUT2D eigenvalue weighted by atomic mass is 16.6. The number of carbonyl (C=O) groups excluding carboxylic acids is 4. The first-order chi connectivity index (χ1) is 30.9. The molecule has 1 aliphatic heterocycles. The maximum absolute atomic E-state index is 13.5. The minimum Gasteiger partial charge on any atom is -0.466 e. The Hall–Kier alpha value is -2.20. The van der Waals surface area contributed by atoms with Crippen LogP contribution in [0.3, 0.4) is 0 Å². The first-order valence-electron chi connectivity index (χ1n) is 27.0. The van der Waals surface area contributed by atoms with Crippen molar-refractivity contribution in [3.8, 4) is 0 Å². The van der Waals surface area contributed by atoms with Crippen LogP contribution in [0.25, 0.3) is 0 Å². The second-order valence-electron chi connectivity index (χ2n) is 20.2. The van der Waals surface area contributed by atoms with E-state index >= 15 is 0 Å². The van der Waals surface area contributed by atoms with Gasteiger partial charge in [0.05, 0.1) is 18.6 Å². The zero-order valence-electron chi connectivity index (χ0n) is 43.0. The molecule has 0 bridgehead atoms. The zero-order valence-corrected chi connectivity index (χ0v) is 43.0. The van der Waals surface area contributed by atoms with Gasteiger partial charge in [0.15, 0.2) is 0 Å². The van der Waals surface area contributed by atoms with Crippen molar-refractivity contribution >= 4 is 23.9 Å². The molecule has 1 heterocycles. The molecular formula is C54H102N2O8. The maximum Gasteiger partial charge on any atom is 0.323 e. The van der Waals surface area contributed by atoms with Gasteiger partial charge >= 0.3 is 23.9 Å². The van der Waals surface area contributed by atoms with E-state index in [-0.39, 0.29) is 36.1 Å². The summed E-state index contributed by atoms with van der Waals surface area (Å²) in [6, 6.07) is -0.465. The minimum atomic E-state index is -0.668. The van der Waals surface area contributed by atoms with Gasteiger partial charge in [-0.2, -0.15) is 0 Å². The van der Waals surface area contributed by atoms with Crippen LogP contribution in [0.2, 0.25) is 0 Å². The number of unbranched alkanes of at least 4 members (excludes halogenated alkanes) is 24. The van der Waals surface area contributed by atoms with Gasteiger partial charge < -0.3 is 23.8 Å². The Morgan fingerprint density at radius 2 is 1.00 bits per heavy atom. The van der Waals surface area contributed by atoms with Crippen LogP contribution in [0.5, 0.6) is 0 Å². The van der Waals surface area contributed by atoms with E-state index in [9.17, 15) is 19.2 Å². The van der Waals surface area contributed by atoms with Crippen molar-refractivity contribution in [2.45, 2.75) is 271 Å². The number of esters is 4. The largest absolute Gasteiger partial charge is 0.466 e. The SMILES string of the molecule is CCCCCCCCCCCOC(=O)CCCCCN1CC(OC(=O)C(C)(C)CN(C)C)C[C@H]1C(=O)OCCCCCCCC(=O)OC(CCCCCCCC)CCCCCCCC. The van der Waals surface area contributed by atoms with Crippen LogP contribution >= 0.6 is 0 Å². The molecule has 2 atom stereocenters. The van der Waals surface area contributed by atoms with Gasteiger partial charge in [0.2, 0.25) is 0 Å². The van der Waals surface area contributed by atoms with Crippen molar-refractivity contribution in [3.63, 3.8) is 0 Å². The second-order valence-corrected chi connectivity index (χ2v) is 20.2. The Morgan fingerprint density at radius 1 is 0.562 bits per heavy atom. The Bertz CT molecular complexity index is 1150. The van der Waals surface area contributed by atoms with E-state index in [0.29, 0.717) is 52.1 Å². The molecule has 1 rings (SSSR count). The van der Waals surface area contributed by atoms with Crippen molar-refractivity contribution in [1.82, 2.24) is 9.80 Å². The molecular weight excluding hydrogens is 805 g/mol. The van der Waals surface area contributed by atoms with Gasteiger partial charge in [-0.15, -0.1) is 0 Å². The molecule has 64 heavy (non-hydrogen) atoms. The highest BCUT2D eigenvalue weighted by molar-refractivity contribution is 5.78. The lowest BCUT2D eigenvalue weighted by molar-refractivity contribution is -0.160. The third-order valence-electron chi connectivity index (χ3n) is 12.8. The summed E-state index contributed by atoms with van der Waals surface area (Å²) in [6.07, 6.45) is 36.0. The van der Waals surface area contributed by atoms with Gasteiger partial charge in [-0.25, -0.2) is 0 Å². The van der Waals surface area contributed by atoms with Crippen LogP contribution in [-0.2, 0) is 38.1 Å². The lowest BCUT2D eigenvalue weighted by atomic mass is 9.93. The highest BCUT2D eigenvalue weighted by Crippen LogP contribution is 2.27. The van der Waals surface area contributed by atoms with Gasteiger partial charge in [0, 0.05) is 32.4 Å². The molecule has 0 aromatic rings. The fraction of sp³-hybridized carbons (Fsp3) is 0.926. The molecule has 1 fully saturated rings. The molecule has 1 saturated heterocycles. The van der Waals surface area contributed by atoms with Gasteiger partial charge in [-0.1, -0.05) is 162 Å². The average Bonchev–Trinajstić information content (AvgIpc) is 3.66. The standard InChI is InChI=1S/C54H102N2O8/c1-8-11-14-17-20-21-22-27-35-42-61-50(57)39-33-29-34-41-56-45-48(64-53(60)54(4,5)46-55(6)7)44-49(56)52(59)62-43-36-28-23-26-32-40-51(58)63-47(37-30-24-18-15-12-9-2)38-31-25-19-16-13-10-3/h47-49H,8-46H2,1-7H3/t48?,49-/m0/s1. The first kappa shape index (κ1) is 59.8. The molecule has 1 unspecified atom stereocenters. The summed E-state index contributed by atoms with van der Waals surface area (Å²) < 4.78 is 23.3. The molecule has 0 aromatic heterocycles. The van der Waals surface area contributed by atoms with Crippen LogP contribution in [0, 0.1) is 5.41 Å². The average molecular weight is 907 g/mol. The van der Waals surface area contributed by atoms with Gasteiger partial charge in [-0.05, 0) is 92.3 Å². The van der Waals surface area contributed by atoms with Crippen LogP contribution in [0.15, 0.2) is 0 Å². The zero-order chi connectivity index (χ0) is 47.1. The van der Waals surface area contributed by atoms with Gasteiger partial charge in [0.1, 0.15) is 18.2 Å². The third kappa shape index (κ3) is 32.5. The van der Waals surface area contributed by atoms with Gasteiger partial charge in [0.25, 0.3) is 0 Å². The van der Waals surface area contributed by atoms with Crippen molar-refractivity contribution < 1.29 is 38.1 Å². The number of ether oxygens (including phenoxy) is 4. The topological polar surface area (TPSA) is 112 Å². The Labute approximate surface area is 394 Å². The molecule has 0 saturated carbocycles. The molecule has 0 spiro atoms. The van der Waals surface area contributed by atoms with Crippen molar-refractivity contribution in [2.75, 3.05) is 46.9 Å². The number of nitrogens with zero attached hydrogens (tertiary/aromatic N) is 2. The summed E-state index contributed by atoms with van der Waals surface area (Å²) in [5.41, 5.74) is -0.668. The molecule has 0 aromatic carbocycles. The summed E-state index contributed by atoms with van der Waals surface area (Å²) >= 11 is 0. The lowest BCUT2D eigenvalue weighted by Gasteiger charge is -2.27. The maximum atomic E-state index is 13.5. The summed E-state index contributed by atoms with van der Waals surface area (Å²) in [5.74, 6) is -0.691. The number of rotatable bonds is 44. The van der Waals surface area contributed by atoms with Crippen molar-refractivity contribution in [3.05, 3.63) is 0 Å². The summed E-state index contributed by atoms with van der Waals surface area (Å²) in [5, 5.41) is 0. The fourth-order valence-corrected chi connectivity index (χ4v) is 9.02. The van der Waals surface area contributed by atoms with Crippen LogP contribution in [0.4, 0.5) is 0 Å². The molecule has 10 nitrogen and oxygen atoms in total. The fourth-order valence-electron chi connectivity index (χ4n) is 9.02. The van der Waals surface area contributed by atoms with E-state index in [2.05, 4.69) is 25.7 Å². The lowest BCUT2D eigenvalue weighted by Crippen LogP contribution is -2.39. The molecule has 0 aliphatic carbocycles. The van der Waals surface area contributed by atoms with Gasteiger partial charge in [-0.3, -0.25) is 24.1 Å². The highest BCUT2D eigenvalue weighted by Gasteiger charge is 2.41. The normalized spacial score (nSPS) is 15.6. The van der Waals surface area contributed by atoms with Crippen LogP contribution in [-0.4, -0.2) is 98.9 Å². The van der Waals surface area contributed by atoms with E-state index in [0.717, 1.165) is 89.9 Å². The van der Waals surface area contributed by atoms with E-state index in [4.69, 9.17) is 18.9 Å². The summed E-state index contributed by atoms with van der Waals surface area (Å²) in [7, 11) is 3.88. The quantitative estimate of drug-likeness (QED) is 0.0333. The minimum absolute atomic E-state index is 0.0515. The third-order valence-corrected chi connectivity index (χ3v) is 12.8. The number of likely N-dealkylation sites (tertiary alicyclic amines) is 1. The number of hydrogen-bond acceptors (Lipinski definition) is 10. The van der Waals surface area contributed by atoms with Crippen molar-refractivity contribution in [1.29, 1.82) is 0 Å². The smallest absolute Gasteiger partial charge is 0.323 e. The Balaban J connectivity index is 2.46. The predicted molar refractivity (Wildman–Crippen MR) is 263 cm³/mol. The van der Waals surface area contributed by atoms with Crippen molar-refractivity contribution in [2.24, 2.45) is 5.41 Å². The van der Waals surface area contributed by atoms with E-state index in [1.165, 1.54) is 109 Å². The summed E-state index contributed by atoms with van der Waals surface area (Å²) in [6.45, 7) is 13.1. The summed E-state index contributed by atoms with van der Waals surface area (Å²) in [4.78, 5) is 55.9. The van der Waals surface area contributed by atoms with Crippen LogP contribution in [0.1, 0.15) is 253 Å². The first-order valence-corrected chi connectivity index (χ1v) is 27.0. The Kier molecular flexibility index (Phi) is 37.3. The monoisotopic (exact) mass is 907 g/mol. The molecule has 376 valence electrons. The Morgan fingerprint density at radius 3 is 1.52 bits per heavy atom. The second kappa shape index (κ2) is 39.9.